The van der Waals surface area contributed by atoms with E-state index in [9.17, 15) is 14.0 Å². The maximum absolute atomic E-state index is 13.6. The maximum atomic E-state index is 13.6. The molecule has 0 saturated carbocycles. The normalized spacial score (nSPS) is 12.3. The van der Waals surface area contributed by atoms with Gasteiger partial charge in [0, 0.05) is 16.6 Å². The molecule has 1 aromatic heterocycles. The van der Waals surface area contributed by atoms with Crippen molar-refractivity contribution in [3.8, 4) is 0 Å². The van der Waals surface area contributed by atoms with Crippen molar-refractivity contribution in [1.82, 2.24) is 14.9 Å². The van der Waals surface area contributed by atoms with Crippen molar-refractivity contribution >= 4 is 29.0 Å². The van der Waals surface area contributed by atoms with Gasteiger partial charge in [-0.1, -0.05) is 22.7 Å². The average molecular weight is 441 g/mol. The zero-order chi connectivity index (χ0) is 22.8. The molecule has 0 radical (unpaired) electrons. The first-order valence-corrected chi connectivity index (χ1v) is 10.7. The van der Waals surface area contributed by atoms with E-state index in [4.69, 9.17) is 0 Å². The summed E-state index contributed by atoms with van der Waals surface area (Å²) in [7, 11) is 0. The molecule has 1 N–H and O–H groups in total. The minimum absolute atomic E-state index is 0.138. The number of nitrogens with one attached hydrogen (secondary N) is 1. The van der Waals surface area contributed by atoms with Gasteiger partial charge >= 0.3 is 0 Å². The molecule has 8 heteroatoms. The van der Waals surface area contributed by atoms with E-state index < -0.39 is 23.3 Å². The summed E-state index contributed by atoms with van der Waals surface area (Å²) in [6, 6.07) is 10.1. The van der Waals surface area contributed by atoms with Crippen LogP contribution in [0.1, 0.15) is 54.0 Å². The average Bonchev–Trinajstić information content (AvgIpc) is 3.22. The van der Waals surface area contributed by atoms with Crippen molar-refractivity contribution in [3.63, 3.8) is 0 Å². The van der Waals surface area contributed by atoms with Crippen LogP contribution in [0.4, 0.5) is 10.1 Å². The Morgan fingerprint density at radius 3 is 2.29 bits per heavy atom. The number of amides is 2. The molecule has 6 nitrogen and oxygen atoms in total. The Hall–Kier alpha value is -3.13. The fourth-order valence-electron chi connectivity index (χ4n) is 3.14. The van der Waals surface area contributed by atoms with Gasteiger partial charge in [-0.25, -0.2) is 4.39 Å². The molecule has 0 aliphatic rings. The summed E-state index contributed by atoms with van der Waals surface area (Å²) < 4.78 is 17.4. The standard InChI is InChI=1S/C23H25FN4O2S/c1-14-6-11-18(12-15(14)2)28(22(30)19-13-31-27-26-19)20(21(29)25-23(3,4)5)16-7-9-17(24)10-8-16/h6-13,20H,1-5H3,(H,25,29)/t20-/m1/s1. The van der Waals surface area contributed by atoms with Gasteiger partial charge in [-0.15, -0.1) is 5.10 Å². The van der Waals surface area contributed by atoms with Crippen molar-refractivity contribution in [1.29, 1.82) is 0 Å². The topological polar surface area (TPSA) is 75.2 Å². The first-order chi connectivity index (χ1) is 14.6. The number of benzene rings is 2. The number of rotatable bonds is 5. The lowest BCUT2D eigenvalue weighted by molar-refractivity contribution is -0.123. The van der Waals surface area contributed by atoms with Crippen LogP contribution in [0.25, 0.3) is 0 Å². The molecule has 0 aliphatic carbocycles. The minimum atomic E-state index is -1.03. The van der Waals surface area contributed by atoms with Gasteiger partial charge in [-0.05, 0) is 87.1 Å². The summed E-state index contributed by atoms with van der Waals surface area (Å²) >= 11 is 1.06. The third-order valence-electron chi connectivity index (χ3n) is 4.76. The van der Waals surface area contributed by atoms with E-state index in [-0.39, 0.29) is 11.6 Å². The third-order valence-corrected chi connectivity index (χ3v) is 5.26. The molecule has 3 aromatic rings. The molecule has 3 rings (SSSR count). The molecule has 31 heavy (non-hydrogen) atoms. The predicted molar refractivity (Wildman–Crippen MR) is 120 cm³/mol. The van der Waals surface area contributed by atoms with E-state index >= 15 is 0 Å². The van der Waals surface area contributed by atoms with Crippen molar-refractivity contribution in [2.75, 3.05) is 4.90 Å². The molecular formula is C23H25FN4O2S. The lowest BCUT2D eigenvalue weighted by Gasteiger charge is -2.33. The highest BCUT2D eigenvalue weighted by Gasteiger charge is 2.36. The second-order valence-corrected chi connectivity index (χ2v) is 9.04. The summed E-state index contributed by atoms with van der Waals surface area (Å²) in [5.41, 5.74) is 2.66. The van der Waals surface area contributed by atoms with E-state index in [0.29, 0.717) is 11.3 Å². The first-order valence-electron chi connectivity index (χ1n) is 9.82. The van der Waals surface area contributed by atoms with Crippen LogP contribution in [0.3, 0.4) is 0 Å². The predicted octanol–water partition coefficient (Wildman–Crippen LogP) is 4.60. The number of anilines is 1. The summed E-state index contributed by atoms with van der Waals surface area (Å²) in [5, 5.41) is 8.40. The highest BCUT2D eigenvalue weighted by atomic mass is 32.1. The van der Waals surface area contributed by atoms with E-state index in [1.165, 1.54) is 29.2 Å². The number of aryl methyl sites for hydroxylation is 2. The number of halogens is 1. The van der Waals surface area contributed by atoms with Crippen LogP contribution in [-0.2, 0) is 4.79 Å². The van der Waals surface area contributed by atoms with Gasteiger partial charge in [0.2, 0.25) is 5.91 Å². The van der Waals surface area contributed by atoms with Crippen molar-refractivity contribution < 1.29 is 14.0 Å². The van der Waals surface area contributed by atoms with Crippen molar-refractivity contribution in [3.05, 3.63) is 76.0 Å². The van der Waals surface area contributed by atoms with Crippen LogP contribution in [0.5, 0.6) is 0 Å². The molecule has 0 saturated heterocycles. The van der Waals surface area contributed by atoms with E-state index in [2.05, 4.69) is 14.9 Å². The van der Waals surface area contributed by atoms with Gasteiger partial charge in [0.15, 0.2) is 5.69 Å². The largest absolute Gasteiger partial charge is 0.349 e. The zero-order valence-electron chi connectivity index (χ0n) is 18.1. The van der Waals surface area contributed by atoms with Gasteiger partial charge < -0.3 is 5.32 Å². The lowest BCUT2D eigenvalue weighted by atomic mass is 9.99. The lowest BCUT2D eigenvalue weighted by Crippen LogP contribution is -2.49. The molecule has 0 unspecified atom stereocenters. The van der Waals surface area contributed by atoms with Crippen LogP contribution in [0.15, 0.2) is 47.8 Å². The first kappa shape index (κ1) is 22.6. The Morgan fingerprint density at radius 1 is 1.06 bits per heavy atom. The number of aromatic nitrogens is 2. The molecule has 0 fully saturated rings. The quantitative estimate of drug-likeness (QED) is 0.629. The summed E-state index contributed by atoms with van der Waals surface area (Å²) in [6.45, 7) is 9.49. The Morgan fingerprint density at radius 2 is 1.74 bits per heavy atom. The van der Waals surface area contributed by atoms with Gasteiger partial charge in [0.05, 0.1) is 0 Å². The maximum Gasteiger partial charge on any atom is 0.280 e. The molecule has 0 spiro atoms. The number of nitrogens with zero attached hydrogens (tertiary/aromatic N) is 3. The van der Waals surface area contributed by atoms with Gasteiger partial charge in [0.25, 0.3) is 5.91 Å². The minimum Gasteiger partial charge on any atom is -0.349 e. The molecule has 2 amide bonds. The van der Waals surface area contributed by atoms with Crippen molar-refractivity contribution in [2.45, 2.75) is 46.2 Å². The van der Waals surface area contributed by atoms with E-state index in [0.717, 1.165) is 22.7 Å². The molecule has 0 bridgehead atoms. The smallest absolute Gasteiger partial charge is 0.280 e. The Labute approximate surface area is 185 Å². The Bertz CT molecular complexity index is 1080. The highest BCUT2D eigenvalue weighted by molar-refractivity contribution is 7.03. The highest BCUT2D eigenvalue weighted by Crippen LogP contribution is 2.31. The van der Waals surface area contributed by atoms with Crippen LogP contribution in [0.2, 0.25) is 0 Å². The number of hydrogen-bond acceptors (Lipinski definition) is 5. The van der Waals surface area contributed by atoms with Gasteiger partial charge in [-0.2, -0.15) is 0 Å². The molecule has 1 heterocycles. The SMILES string of the molecule is Cc1ccc(N(C(=O)c2csnn2)[C@@H](C(=O)NC(C)(C)C)c2ccc(F)cc2)cc1C. The Balaban J connectivity index is 2.20. The van der Waals surface area contributed by atoms with Crippen molar-refractivity contribution in [2.24, 2.45) is 0 Å². The van der Waals surface area contributed by atoms with Crippen LogP contribution in [-0.4, -0.2) is 26.9 Å². The zero-order valence-corrected chi connectivity index (χ0v) is 19.0. The summed E-state index contributed by atoms with van der Waals surface area (Å²) in [6.07, 6.45) is 0. The summed E-state index contributed by atoms with van der Waals surface area (Å²) in [4.78, 5) is 28.4. The van der Waals surface area contributed by atoms with Crippen LogP contribution >= 0.6 is 11.5 Å². The van der Waals surface area contributed by atoms with E-state index in [1.54, 1.807) is 11.4 Å². The molecule has 1 atom stereocenters. The fraction of sp³-hybridized carbons (Fsp3) is 0.304. The number of hydrogen-bond donors (Lipinski definition) is 1. The molecular weight excluding hydrogens is 415 g/mol. The van der Waals surface area contributed by atoms with Gasteiger partial charge in [0.1, 0.15) is 11.9 Å². The molecule has 162 valence electrons. The third kappa shape index (κ3) is 5.32. The number of carbonyl (C=O) groups excluding carboxylic acids is 2. The summed E-state index contributed by atoms with van der Waals surface area (Å²) in [5.74, 6) is -1.27. The number of carbonyl (C=O) groups is 2. The molecule has 2 aromatic carbocycles. The monoisotopic (exact) mass is 440 g/mol. The molecule has 0 aliphatic heterocycles. The second kappa shape index (κ2) is 8.93. The fourth-order valence-corrected chi connectivity index (χ4v) is 3.57. The van der Waals surface area contributed by atoms with E-state index in [1.807, 2.05) is 46.8 Å². The van der Waals surface area contributed by atoms with Crippen LogP contribution < -0.4 is 10.2 Å². The van der Waals surface area contributed by atoms with Crippen LogP contribution in [0, 0.1) is 19.7 Å². The second-order valence-electron chi connectivity index (χ2n) is 8.43. The van der Waals surface area contributed by atoms with Gasteiger partial charge in [-0.3, -0.25) is 14.5 Å². The Kier molecular flexibility index (Phi) is 6.50.